The van der Waals surface area contributed by atoms with Crippen molar-refractivity contribution in [2.24, 2.45) is 0 Å². The van der Waals surface area contributed by atoms with E-state index in [1.165, 1.54) is 12.1 Å². The van der Waals surface area contributed by atoms with Crippen LogP contribution < -0.4 is 10.1 Å². The quantitative estimate of drug-likeness (QED) is 0.193. The van der Waals surface area contributed by atoms with Crippen LogP contribution in [0.1, 0.15) is 21.5 Å². The van der Waals surface area contributed by atoms with Gasteiger partial charge in [0.15, 0.2) is 0 Å². The third-order valence-electron chi connectivity index (χ3n) is 4.20. The molecule has 3 aromatic carbocycles. The standard InChI is InChI=1S/C21H11F7INO3/c22-14-2-1-3-15(29)18(14)19(32)30-16-5-4-12(9-17(16)31)33-13-7-10(20(23,24)25)6-11(8-13)21(26,27)28/h1-9,31H,(H,30,32). The Bertz CT molecular complexity index is 1160. The van der Waals surface area contributed by atoms with Crippen LogP contribution in [0.2, 0.25) is 0 Å². The minimum atomic E-state index is -5.06. The van der Waals surface area contributed by atoms with Gasteiger partial charge in [-0.3, -0.25) is 4.79 Å². The highest BCUT2D eigenvalue weighted by Gasteiger charge is 2.37. The minimum absolute atomic E-state index is 0.0486. The molecule has 0 saturated heterocycles. The Kier molecular flexibility index (Phi) is 6.77. The van der Waals surface area contributed by atoms with Gasteiger partial charge in [-0.15, -0.1) is 0 Å². The third kappa shape index (κ3) is 5.86. The van der Waals surface area contributed by atoms with Gasteiger partial charge < -0.3 is 15.2 Å². The number of carbonyl (C=O) groups excluding carboxylic acids is 1. The highest BCUT2D eigenvalue weighted by atomic mass is 127. The summed E-state index contributed by atoms with van der Waals surface area (Å²) in [5, 5.41) is 12.4. The molecule has 3 rings (SSSR count). The number of rotatable bonds is 4. The first kappa shape index (κ1) is 24.6. The number of carbonyl (C=O) groups is 1. The van der Waals surface area contributed by atoms with Crippen LogP contribution in [0.4, 0.5) is 36.4 Å². The molecular weight excluding hydrogens is 574 g/mol. The lowest BCUT2D eigenvalue weighted by atomic mass is 10.1. The third-order valence-corrected chi connectivity index (χ3v) is 5.10. The van der Waals surface area contributed by atoms with Crippen LogP contribution in [0.25, 0.3) is 0 Å². The zero-order chi connectivity index (χ0) is 24.6. The summed E-state index contributed by atoms with van der Waals surface area (Å²) in [7, 11) is 0. The Balaban J connectivity index is 1.87. The summed E-state index contributed by atoms with van der Waals surface area (Å²) in [6, 6.07) is 7.71. The number of ether oxygens (including phenoxy) is 1. The van der Waals surface area contributed by atoms with Gasteiger partial charge in [0.2, 0.25) is 0 Å². The largest absolute Gasteiger partial charge is 0.506 e. The van der Waals surface area contributed by atoms with Gasteiger partial charge in [-0.25, -0.2) is 4.39 Å². The molecule has 174 valence electrons. The molecule has 0 aliphatic heterocycles. The van der Waals surface area contributed by atoms with Crippen LogP contribution in [0, 0.1) is 9.39 Å². The van der Waals surface area contributed by atoms with Crippen molar-refractivity contribution in [3.05, 3.63) is 80.7 Å². The molecule has 0 unspecified atom stereocenters. The molecule has 0 aliphatic carbocycles. The van der Waals surface area contributed by atoms with Crippen LogP contribution in [0.15, 0.2) is 54.6 Å². The van der Waals surface area contributed by atoms with Crippen molar-refractivity contribution in [2.75, 3.05) is 5.32 Å². The Labute approximate surface area is 195 Å². The monoisotopic (exact) mass is 585 g/mol. The normalized spacial score (nSPS) is 11.9. The summed E-state index contributed by atoms with van der Waals surface area (Å²) in [5.74, 6) is -3.37. The van der Waals surface area contributed by atoms with Crippen LogP contribution in [-0.2, 0) is 12.4 Å². The second kappa shape index (κ2) is 9.08. The van der Waals surface area contributed by atoms with E-state index >= 15 is 0 Å². The number of nitrogens with one attached hydrogen (secondary N) is 1. The number of anilines is 1. The maximum atomic E-state index is 13.9. The van der Waals surface area contributed by atoms with E-state index < -0.39 is 46.7 Å². The lowest BCUT2D eigenvalue weighted by molar-refractivity contribution is -0.143. The first-order chi connectivity index (χ1) is 15.3. The summed E-state index contributed by atoms with van der Waals surface area (Å²) in [5.41, 5.74) is -3.60. The number of amides is 1. The number of hydrogen-bond donors (Lipinski definition) is 2. The fourth-order valence-corrected chi connectivity index (χ4v) is 3.41. The molecule has 3 aromatic rings. The van der Waals surface area contributed by atoms with E-state index in [4.69, 9.17) is 4.74 Å². The predicted octanol–water partition coefficient (Wildman–Crippen LogP) is 7.22. The van der Waals surface area contributed by atoms with E-state index in [0.717, 1.165) is 24.3 Å². The van der Waals surface area contributed by atoms with E-state index in [2.05, 4.69) is 5.32 Å². The Morgan fingerprint density at radius 1 is 0.879 bits per heavy atom. The molecule has 1 amide bonds. The predicted molar refractivity (Wildman–Crippen MR) is 112 cm³/mol. The van der Waals surface area contributed by atoms with E-state index in [0.29, 0.717) is 15.7 Å². The Hall–Kier alpha value is -3.03. The molecule has 0 aromatic heterocycles. The molecule has 0 spiro atoms. The fraction of sp³-hybridized carbons (Fsp3) is 0.0952. The van der Waals surface area contributed by atoms with Crippen LogP contribution >= 0.6 is 22.6 Å². The van der Waals surface area contributed by atoms with Crippen LogP contribution in [0.5, 0.6) is 17.2 Å². The zero-order valence-corrected chi connectivity index (χ0v) is 18.1. The zero-order valence-electron chi connectivity index (χ0n) is 16.0. The lowest BCUT2D eigenvalue weighted by Gasteiger charge is -2.15. The number of halogens is 8. The fourth-order valence-electron chi connectivity index (χ4n) is 2.70. The van der Waals surface area contributed by atoms with Gasteiger partial charge in [0, 0.05) is 9.64 Å². The smallest absolute Gasteiger partial charge is 0.416 e. The average molecular weight is 585 g/mol. The van der Waals surface area contributed by atoms with Crippen molar-refractivity contribution in [3.63, 3.8) is 0 Å². The number of aromatic hydroxyl groups is 1. The van der Waals surface area contributed by atoms with E-state index in [1.807, 2.05) is 0 Å². The molecule has 0 atom stereocenters. The Morgan fingerprint density at radius 2 is 1.48 bits per heavy atom. The van der Waals surface area contributed by atoms with Gasteiger partial charge in [-0.1, -0.05) is 6.07 Å². The van der Waals surface area contributed by atoms with Gasteiger partial charge in [-0.05, 0) is 65.1 Å². The maximum absolute atomic E-state index is 13.9. The summed E-state index contributed by atoms with van der Waals surface area (Å²) in [6.45, 7) is 0. The summed E-state index contributed by atoms with van der Waals surface area (Å²) >= 11 is 1.74. The van der Waals surface area contributed by atoms with Crippen LogP contribution in [0.3, 0.4) is 0 Å². The number of phenols is 1. The molecule has 0 heterocycles. The minimum Gasteiger partial charge on any atom is -0.506 e. The first-order valence-corrected chi connectivity index (χ1v) is 9.89. The number of benzene rings is 3. The van der Waals surface area contributed by atoms with Gasteiger partial charge >= 0.3 is 12.4 Å². The van der Waals surface area contributed by atoms with Crippen molar-refractivity contribution in [1.82, 2.24) is 0 Å². The molecule has 0 bridgehead atoms. The van der Waals surface area contributed by atoms with Gasteiger partial charge in [0.25, 0.3) is 5.91 Å². The molecule has 0 saturated carbocycles. The molecule has 0 fully saturated rings. The van der Waals surface area contributed by atoms with Crippen LogP contribution in [-0.4, -0.2) is 11.0 Å². The number of hydrogen-bond acceptors (Lipinski definition) is 3. The first-order valence-electron chi connectivity index (χ1n) is 8.81. The Morgan fingerprint density at radius 3 is 2.00 bits per heavy atom. The van der Waals surface area contributed by atoms with E-state index in [9.17, 15) is 40.6 Å². The summed E-state index contributed by atoms with van der Waals surface area (Å²) in [6.07, 6.45) is -10.1. The topological polar surface area (TPSA) is 58.6 Å². The van der Waals surface area contributed by atoms with Crippen molar-refractivity contribution >= 4 is 34.2 Å². The number of alkyl halides is 6. The molecular formula is C21H11F7INO3. The second-order valence-corrected chi connectivity index (χ2v) is 7.74. The van der Waals surface area contributed by atoms with E-state index in [-0.39, 0.29) is 23.1 Å². The highest BCUT2D eigenvalue weighted by molar-refractivity contribution is 14.1. The van der Waals surface area contributed by atoms with Gasteiger partial charge in [-0.2, -0.15) is 26.3 Å². The second-order valence-electron chi connectivity index (χ2n) is 6.57. The molecule has 4 nitrogen and oxygen atoms in total. The molecule has 2 N–H and O–H groups in total. The summed E-state index contributed by atoms with van der Waals surface area (Å²) < 4.78 is 97.2. The number of phenolic OH excluding ortho intramolecular Hbond substituents is 1. The van der Waals surface area contributed by atoms with Crippen molar-refractivity contribution in [1.29, 1.82) is 0 Å². The highest BCUT2D eigenvalue weighted by Crippen LogP contribution is 2.40. The maximum Gasteiger partial charge on any atom is 0.416 e. The molecule has 0 radical (unpaired) electrons. The van der Waals surface area contributed by atoms with Gasteiger partial charge in [0.1, 0.15) is 23.1 Å². The SMILES string of the molecule is O=C(Nc1ccc(Oc2cc(C(F)(F)F)cc(C(F)(F)F)c2)cc1O)c1c(F)cccc1I. The van der Waals surface area contributed by atoms with Gasteiger partial charge in [0.05, 0.1) is 22.4 Å². The van der Waals surface area contributed by atoms with Crippen molar-refractivity contribution in [3.8, 4) is 17.2 Å². The molecule has 0 aliphatic rings. The van der Waals surface area contributed by atoms with Crippen molar-refractivity contribution in [2.45, 2.75) is 12.4 Å². The molecule has 12 heteroatoms. The lowest BCUT2D eigenvalue weighted by Crippen LogP contribution is -2.15. The molecule has 33 heavy (non-hydrogen) atoms. The van der Waals surface area contributed by atoms with Crippen molar-refractivity contribution < 1.29 is 45.4 Å². The average Bonchev–Trinajstić information content (AvgIpc) is 2.68. The summed E-state index contributed by atoms with van der Waals surface area (Å²) in [4.78, 5) is 12.3. The van der Waals surface area contributed by atoms with E-state index in [1.54, 1.807) is 22.6 Å².